The Morgan fingerprint density at radius 1 is 1.13 bits per heavy atom. The van der Waals surface area contributed by atoms with Crippen LogP contribution in [0.5, 0.6) is 0 Å². The second-order valence-electron chi connectivity index (χ2n) is 7.09. The minimum atomic E-state index is -3.77. The Labute approximate surface area is 181 Å². The van der Waals surface area contributed by atoms with Gasteiger partial charge in [-0.3, -0.25) is 0 Å². The summed E-state index contributed by atoms with van der Waals surface area (Å²) in [5, 5.41) is 9.39. The fourth-order valence-electron chi connectivity index (χ4n) is 3.73. The molecule has 1 N–H and O–H groups in total. The van der Waals surface area contributed by atoms with E-state index in [1.54, 1.807) is 42.5 Å². The molecule has 9 heteroatoms. The molecule has 0 unspecified atom stereocenters. The van der Waals surface area contributed by atoms with Crippen LogP contribution in [0, 0.1) is 0 Å². The average Bonchev–Trinajstić information content (AvgIpc) is 3.24. The van der Waals surface area contributed by atoms with Crippen molar-refractivity contribution in [1.29, 1.82) is 0 Å². The molecule has 1 aromatic heterocycles. The van der Waals surface area contributed by atoms with Gasteiger partial charge in [-0.25, -0.2) is 17.7 Å². The monoisotopic (exact) mass is 440 g/mol. The van der Waals surface area contributed by atoms with Crippen molar-refractivity contribution in [2.75, 3.05) is 42.1 Å². The molecule has 1 fully saturated rings. The lowest BCUT2D eigenvalue weighted by molar-refractivity contribution is 0.122. The van der Waals surface area contributed by atoms with Gasteiger partial charge in [0, 0.05) is 30.8 Å². The summed E-state index contributed by atoms with van der Waals surface area (Å²) in [6.07, 6.45) is 6.25. The zero-order valence-electron chi connectivity index (χ0n) is 17.0. The Bertz CT molecular complexity index is 1120. The van der Waals surface area contributed by atoms with E-state index in [1.807, 2.05) is 4.90 Å². The summed E-state index contributed by atoms with van der Waals surface area (Å²) in [5.41, 5.74) is 1.94. The molecule has 0 aliphatic carbocycles. The summed E-state index contributed by atoms with van der Waals surface area (Å²) in [6.45, 7) is 6.33. The lowest BCUT2D eigenvalue weighted by Gasteiger charge is -2.28. The van der Waals surface area contributed by atoms with Crippen LogP contribution in [0.1, 0.15) is 11.3 Å². The van der Waals surface area contributed by atoms with E-state index in [9.17, 15) is 13.5 Å². The Morgan fingerprint density at radius 2 is 1.87 bits per heavy atom. The van der Waals surface area contributed by atoms with Crippen LogP contribution < -0.4 is 9.21 Å². The molecule has 2 aliphatic rings. The maximum Gasteiger partial charge on any atom is 0.265 e. The summed E-state index contributed by atoms with van der Waals surface area (Å²) in [6, 6.07) is 8.34. The van der Waals surface area contributed by atoms with Gasteiger partial charge in [-0.05, 0) is 24.6 Å². The van der Waals surface area contributed by atoms with E-state index in [0.717, 1.165) is 11.8 Å². The van der Waals surface area contributed by atoms with Crippen LogP contribution in [0.4, 0.5) is 11.8 Å². The van der Waals surface area contributed by atoms with Crippen molar-refractivity contribution >= 4 is 27.4 Å². The van der Waals surface area contributed by atoms with E-state index in [-0.39, 0.29) is 11.4 Å². The Morgan fingerprint density at radius 3 is 2.55 bits per heavy atom. The van der Waals surface area contributed by atoms with Gasteiger partial charge in [-0.2, -0.15) is 4.98 Å². The smallest absolute Gasteiger partial charge is 0.265 e. The van der Waals surface area contributed by atoms with Crippen molar-refractivity contribution in [2.45, 2.75) is 11.3 Å². The second kappa shape index (κ2) is 8.91. The lowest BCUT2D eigenvalue weighted by Crippen LogP contribution is -2.38. The number of aromatic nitrogens is 2. The average molecular weight is 441 g/mol. The Kier molecular flexibility index (Phi) is 6.06. The molecule has 162 valence electrons. The molecule has 0 radical (unpaired) electrons. The number of ether oxygens (including phenoxy) is 1. The molecule has 8 nitrogen and oxygen atoms in total. The van der Waals surface area contributed by atoms with E-state index in [0.29, 0.717) is 55.8 Å². The number of hydrogen-bond acceptors (Lipinski definition) is 7. The normalized spacial score (nSPS) is 17.2. The first kappa shape index (κ1) is 21.1. The van der Waals surface area contributed by atoms with Crippen LogP contribution >= 0.6 is 0 Å². The molecule has 0 amide bonds. The quantitative estimate of drug-likeness (QED) is 0.545. The molecule has 0 atom stereocenters. The Balaban J connectivity index is 1.88. The van der Waals surface area contributed by atoms with Gasteiger partial charge in [-0.1, -0.05) is 36.9 Å². The summed E-state index contributed by atoms with van der Waals surface area (Å²) >= 11 is 0. The van der Waals surface area contributed by atoms with E-state index in [2.05, 4.69) is 11.6 Å². The lowest BCUT2D eigenvalue weighted by atomic mass is 10.1. The van der Waals surface area contributed by atoms with Crippen molar-refractivity contribution in [3.05, 3.63) is 72.7 Å². The van der Waals surface area contributed by atoms with Crippen molar-refractivity contribution in [3.63, 3.8) is 0 Å². The highest BCUT2D eigenvalue weighted by Gasteiger charge is 2.35. The zero-order valence-corrected chi connectivity index (χ0v) is 17.8. The molecule has 3 heterocycles. The summed E-state index contributed by atoms with van der Waals surface area (Å²) in [4.78, 5) is 11.6. The summed E-state index contributed by atoms with van der Waals surface area (Å²) < 4.78 is 33.5. The second-order valence-corrected chi connectivity index (χ2v) is 8.95. The van der Waals surface area contributed by atoms with E-state index >= 15 is 0 Å². The molecule has 2 aromatic rings. The number of aliphatic hydroxyl groups is 1. The Hall–Kier alpha value is -3.17. The predicted molar refractivity (Wildman–Crippen MR) is 120 cm³/mol. The first-order valence-corrected chi connectivity index (χ1v) is 11.5. The first-order chi connectivity index (χ1) is 15.1. The topological polar surface area (TPSA) is 95.9 Å². The fourth-order valence-corrected chi connectivity index (χ4v) is 5.20. The van der Waals surface area contributed by atoms with E-state index < -0.39 is 10.0 Å². The van der Waals surface area contributed by atoms with Gasteiger partial charge in [0.15, 0.2) is 5.82 Å². The first-order valence-electron chi connectivity index (χ1n) is 10.0. The number of morpholine rings is 1. The fraction of sp³-hybridized carbons (Fsp3) is 0.273. The minimum Gasteiger partial charge on any atom is -0.516 e. The van der Waals surface area contributed by atoms with Crippen LogP contribution in [-0.2, 0) is 21.2 Å². The van der Waals surface area contributed by atoms with Gasteiger partial charge in [0.05, 0.1) is 30.1 Å². The number of benzene rings is 1. The predicted octanol–water partition coefficient (Wildman–Crippen LogP) is 2.71. The molecule has 0 saturated carbocycles. The largest absolute Gasteiger partial charge is 0.516 e. The number of aliphatic hydroxyl groups excluding tert-OH is 1. The van der Waals surface area contributed by atoms with Gasteiger partial charge >= 0.3 is 0 Å². The maximum absolute atomic E-state index is 13.4. The third kappa shape index (κ3) is 4.06. The summed E-state index contributed by atoms with van der Waals surface area (Å²) in [7, 11) is -3.77. The number of fused-ring (bicyclic) bond motifs is 1. The molecule has 0 spiro atoms. The van der Waals surface area contributed by atoms with Gasteiger partial charge in [0.1, 0.15) is 0 Å². The molecule has 4 rings (SSSR count). The SMILES string of the molecule is C=C/C=C(\C=C\O)c1nc(N2CCOCC2)nc2c1CCN2S(=O)(=O)c1ccccc1. The number of sulfonamides is 1. The third-order valence-corrected chi connectivity index (χ3v) is 7.03. The highest BCUT2D eigenvalue weighted by molar-refractivity contribution is 7.92. The molecular formula is C22H24N4O4S. The maximum atomic E-state index is 13.4. The zero-order chi connectivity index (χ0) is 21.8. The van der Waals surface area contributed by atoms with Crippen molar-refractivity contribution in [2.24, 2.45) is 0 Å². The number of anilines is 2. The number of rotatable bonds is 6. The van der Waals surface area contributed by atoms with Crippen molar-refractivity contribution in [3.8, 4) is 0 Å². The molecular weight excluding hydrogens is 416 g/mol. The van der Waals surface area contributed by atoms with Crippen LogP contribution in [-0.4, -0.2) is 56.3 Å². The van der Waals surface area contributed by atoms with Crippen molar-refractivity contribution < 1.29 is 18.3 Å². The number of hydrogen-bond donors (Lipinski definition) is 1. The number of allylic oxidation sites excluding steroid dienone is 4. The van der Waals surface area contributed by atoms with Crippen LogP contribution in [0.2, 0.25) is 0 Å². The van der Waals surface area contributed by atoms with E-state index in [1.165, 1.54) is 10.4 Å². The third-order valence-electron chi connectivity index (χ3n) is 5.22. The molecule has 31 heavy (non-hydrogen) atoms. The van der Waals surface area contributed by atoms with Crippen LogP contribution in [0.3, 0.4) is 0 Å². The molecule has 1 saturated heterocycles. The van der Waals surface area contributed by atoms with Gasteiger partial charge < -0.3 is 14.7 Å². The van der Waals surface area contributed by atoms with Gasteiger partial charge in [0.25, 0.3) is 10.0 Å². The highest BCUT2D eigenvalue weighted by atomic mass is 32.2. The van der Waals surface area contributed by atoms with Gasteiger partial charge in [0.2, 0.25) is 5.95 Å². The molecule has 1 aromatic carbocycles. The highest BCUT2D eigenvalue weighted by Crippen LogP contribution is 2.37. The van der Waals surface area contributed by atoms with Gasteiger partial charge in [-0.15, -0.1) is 0 Å². The molecule has 2 aliphatic heterocycles. The van der Waals surface area contributed by atoms with Crippen LogP contribution in [0.25, 0.3) is 5.57 Å². The number of nitrogens with zero attached hydrogens (tertiary/aromatic N) is 4. The minimum absolute atomic E-state index is 0.216. The standard InChI is InChI=1S/C22H24N4O4S/c1-2-6-17(10-14-27)20-19-9-11-26(31(28,29)18-7-4-3-5-8-18)21(19)24-22(23-20)25-12-15-30-16-13-25/h2-8,10,14,27H,1,9,11-13,15-16H2/b14-10+,17-6+. The summed E-state index contributed by atoms with van der Waals surface area (Å²) in [5.74, 6) is 0.810. The van der Waals surface area contributed by atoms with E-state index in [4.69, 9.17) is 9.72 Å². The van der Waals surface area contributed by atoms with Crippen LogP contribution in [0.15, 0.2) is 66.3 Å². The molecule has 0 bridgehead atoms. The van der Waals surface area contributed by atoms with Crippen molar-refractivity contribution in [1.82, 2.24) is 9.97 Å².